The van der Waals surface area contributed by atoms with Crippen LogP contribution in [0, 0.1) is 11.8 Å². The van der Waals surface area contributed by atoms with Crippen molar-refractivity contribution in [3.05, 3.63) is 23.2 Å². The van der Waals surface area contributed by atoms with Crippen LogP contribution >= 0.6 is 23.1 Å². The van der Waals surface area contributed by atoms with Gasteiger partial charge < -0.3 is 14.6 Å². The first-order valence-electron chi connectivity index (χ1n) is 12.1. The molecule has 0 spiro atoms. The topological polar surface area (TPSA) is 85.7 Å². The van der Waals surface area contributed by atoms with Crippen LogP contribution in [0.4, 0.5) is 0 Å². The maximum absolute atomic E-state index is 11.8. The maximum atomic E-state index is 11.8. The lowest BCUT2D eigenvalue weighted by Crippen LogP contribution is -2.25. The van der Waals surface area contributed by atoms with Gasteiger partial charge in [-0.1, -0.05) is 50.1 Å². The number of rotatable bonds is 14. The van der Waals surface area contributed by atoms with Gasteiger partial charge in [0.1, 0.15) is 6.10 Å². The molecule has 6 nitrogen and oxygen atoms in total. The molecule has 0 aromatic carbocycles. The second-order valence-electron chi connectivity index (χ2n) is 9.00. The number of ether oxygens (including phenoxy) is 2. The summed E-state index contributed by atoms with van der Waals surface area (Å²) in [5.74, 6) is 0.777. The smallest absolute Gasteiger partial charge is 0.357 e. The third-order valence-electron chi connectivity index (χ3n) is 6.03. The van der Waals surface area contributed by atoms with Crippen molar-refractivity contribution in [2.24, 2.45) is 11.8 Å². The monoisotopic (exact) mass is 497 g/mol. The van der Waals surface area contributed by atoms with Crippen molar-refractivity contribution < 1.29 is 24.2 Å². The minimum Gasteiger partial charge on any atom is -0.462 e. The van der Waals surface area contributed by atoms with E-state index in [-0.39, 0.29) is 24.0 Å². The summed E-state index contributed by atoms with van der Waals surface area (Å²) in [7, 11) is 0. The molecule has 1 N–H and O–H groups in total. The molecule has 1 heterocycles. The number of unbranched alkanes of at least 4 members (excludes halogenated alkanes) is 2. The number of hydrogen-bond donors (Lipinski definition) is 1. The molecule has 1 aliphatic carbocycles. The fourth-order valence-corrected chi connectivity index (χ4v) is 6.22. The highest BCUT2D eigenvalue weighted by Gasteiger charge is 2.36. The van der Waals surface area contributed by atoms with Crippen molar-refractivity contribution in [1.82, 2.24) is 4.98 Å². The van der Waals surface area contributed by atoms with Gasteiger partial charge in [-0.15, -0.1) is 11.3 Å². The summed E-state index contributed by atoms with van der Waals surface area (Å²) >= 11 is 3.07. The molecular formula is C25H39NO5S2. The lowest BCUT2D eigenvalue weighted by Gasteiger charge is -2.24. The van der Waals surface area contributed by atoms with Crippen LogP contribution in [0.3, 0.4) is 0 Å². The first kappa shape index (κ1) is 27.9. The van der Waals surface area contributed by atoms with Crippen LogP contribution < -0.4 is 0 Å². The van der Waals surface area contributed by atoms with E-state index in [1.54, 1.807) is 24.1 Å². The van der Waals surface area contributed by atoms with Gasteiger partial charge in [-0.2, -0.15) is 0 Å². The lowest BCUT2D eigenvalue weighted by atomic mass is 9.89. The Bertz CT molecular complexity index is 777. The lowest BCUT2D eigenvalue weighted by molar-refractivity contribution is -0.148. The third kappa shape index (κ3) is 9.79. The Labute approximate surface area is 206 Å². The van der Waals surface area contributed by atoms with Crippen LogP contribution in [0.1, 0.15) is 89.5 Å². The summed E-state index contributed by atoms with van der Waals surface area (Å²) in [4.78, 5) is 27.8. The number of esters is 2. The van der Waals surface area contributed by atoms with E-state index >= 15 is 0 Å². The molecule has 0 bridgehead atoms. The highest BCUT2D eigenvalue weighted by Crippen LogP contribution is 2.39. The van der Waals surface area contributed by atoms with E-state index in [1.807, 2.05) is 6.92 Å². The van der Waals surface area contributed by atoms with Crippen LogP contribution in [0.2, 0.25) is 0 Å². The van der Waals surface area contributed by atoms with Crippen molar-refractivity contribution in [2.45, 2.75) is 95.1 Å². The highest BCUT2D eigenvalue weighted by atomic mass is 32.2. The maximum Gasteiger partial charge on any atom is 0.357 e. The predicted octanol–water partition coefficient (Wildman–Crippen LogP) is 6.04. The summed E-state index contributed by atoms with van der Waals surface area (Å²) in [6.45, 7) is 7.66. The van der Waals surface area contributed by atoms with Crippen LogP contribution in [-0.2, 0) is 14.3 Å². The number of thiazole rings is 1. The number of carbonyl (C=O) groups is 2. The average molecular weight is 498 g/mol. The van der Waals surface area contributed by atoms with Crippen LogP contribution in [0.15, 0.2) is 21.9 Å². The molecular weight excluding hydrogens is 458 g/mol. The Morgan fingerprint density at radius 2 is 2.12 bits per heavy atom. The van der Waals surface area contributed by atoms with Gasteiger partial charge in [0.25, 0.3) is 0 Å². The summed E-state index contributed by atoms with van der Waals surface area (Å²) in [6, 6.07) is 0. The van der Waals surface area contributed by atoms with Crippen molar-refractivity contribution in [3.63, 3.8) is 0 Å². The van der Waals surface area contributed by atoms with Gasteiger partial charge in [-0.3, -0.25) is 4.79 Å². The molecule has 1 aromatic heterocycles. The van der Waals surface area contributed by atoms with Gasteiger partial charge in [-0.25, -0.2) is 9.78 Å². The van der Waals surface area contributed by atoms with Gasteiger partial charge in [0.2, 0.25) is 0 Å². The van der Waals surface area contributed by atoms with Crippen molar-refractivity contribution in [1.29, 1.82) is 0 Å². The van der Waals surface area contributed by atoms with Gasteiger partial charge >= 0.3 is 11.9 Å². The Balaban J connectivity index is 1.92. The van der Waals surface area contributed by atoms with E-state index in [2.05, 4.69) is 24.1 Å². The van der Waals surface area contributed by atoms with E-state index in [9.17, 15) is 14.7 Å². The zero-order valence-electron chi connectivity index (χ0n) is 20.4. The molecule has 1 unspecified atom stereocenters. The minimum absolute atomic E-state index is 0.0748. The van der Waals surface area contributed by atoms with Gasteiger partial charge in [-0.05, 0) is 51.9 Å². The van der Waals surface area contributed by atoms with Gasteiger partial charge in [0, 0.05) is 24.0 Å². The SMILES string of the molecule is CCCCCC(C)(O)C/C=C/[C@H]1CC[C@H](OC(C)=O)[C@@H]1CCSc1nc(C(=O)OCC)cs1. The first-order valence-corrected chi connectivity index (χ1v) is 13.9. The molecule has 8 heteroatoms. The van der Waals surface area contributed by atoms with Crippen molar-refractivity contribution in [2.75, 3.05) is 12.4 Å². The number of hydrogen-bond acceptors (Lipinski definition) is 8. The molecule has 0 radical (unpaired) electrons. The Kier molecular flexibility index (Phi) is 11.9. The number of carbonyl (C=O) groups excluding carboxylic acids is 2. The number of nitrogens with zero attached hydrogens (tertiary/aromatic N) is 1. The number of aliphatic hydroxyl groups is 1. The second kappa shape index (κ2) is 14.1. The highest BCUT2D eigenvalue weighted by molar-refractivity contribution is 8.01. The zero-order chi connectivity index (χ0) is 24.3. The molecule has 186 valence electrons. The predicted molar refractivity (Wildman–Crippen MR) is 134 cm³/mol. The van der Waals surface area contributed by atoms with E-state index in [0.717, 1.165) is 55.0 Å². The van der Waals surface area contributed by atoms with Gasteiger partial charge in [0.15, 0.2) is 10.0 Å². The Morgan fingerprint density at radius 3 is 2.82 bits per heavy atom. The Hall–Kier alpha value is -1.38. The molecule has 1 fully saturated rings. The third-order valence-corrected chi connectivity index (χ3v) is 8.09. The van der Waals surface area contributed by atoms with Crippen LogP contribution in [0.25, 0.3) is 0 Å². The fourth-order valence-electron chi connectivity index (χ4n) is 4.32. The Morgan fingerprint density at radius 1 is 1.33 bits per heavy atom. The molecule has 0 saturated heterocycles. The molecule has 0 aliphatic heterocycles. The van der Waals surface area contributed by atoms with Crippen LogP contribution in [-0.4, -0.2) is 46.1 Å². The number of thioether (sulfide) groups is 1. The summed E-state index contributed by atoms with van der Waals surface area (Å²) in [6.07, 6.45) is 11.8. The molecule has 2 rings (SSSR count). The van der Waals surface area contributed by atoms with Gasteiger partial charge in [0.05, 0.1) is 12.2 Å². The number of aromatic nitrogens is 1. The standard InChI is InChI=1S/C25H39NO5S2/c1-5-7-8-14-25(4,29)15-9-10-19-11-12-22(31-18(3)27)20(19)13-16-32-24-26-21(17-33-24)23(28)30-6-2/h9-10,17,19-20,22,29H,5-8,11-16H2,1-4H3/b10-9+/t19-,20+,22-,25?/m0/s1. The average Bonchev–Trinajstić information content (AvgIpc) is 3.36. The molecule has 1 aromatic rings. The van der Waals surface area contributed by atoms with E-state index < -0.39 is 5.60 Å². The molecule has 33 heavy (non-hydrogen) atoms. The molecule has 1 aliphatic rings. The molecule has 4 atom stereocenters. The molecule has 1 saturated carbocycles. The van der Waals surface area contributed by atoms with Crippen molar-refractivity contribution in [3.8, 4) is 0 Å². The van der Waals surface area contributed by atoms with Crippen LogP contribution in [0.5, 0.6) is 0 Å². The van der Waals surface area contributed by atoms with Crippen molar-refractivity contribution >= 4 is 35.0 Å². The first-order chi connectivity index (χ1) is 15.8. The van der Waals surface area contributed by atoms with E-state index in [1.165, 1.54) is 18.3 Å². The van der Waals surface area contributed by atoms with E-state index in [4.69, 9.17) is 9.47 Å². The molecule has 0 amide bonds. The minimum atomic E-state index is -0.674. The number of allylic oxidation sites excluding steroid dienone is 1. The normalized spacial score (nSPS) is 22.4. The summed E-state index contributed by atoms with van der Waals surface area (Å²) < 4.78 is 11.5. The second-order valence-corrected chi connectivity index (χ2v) is 11.2. The zero-order valence-corrected chi connectivity index (χ0v) is 22.0. The summed E-state index contributed by atoms with van der Waals surface area (Å²) in [5.41, 5.74) is -0.318. The fraction of sp³-hybridized carbons (Fsp3) is 0.720. The largest absolute Gasteiger partial charge is 0.462 e. The summed E-state index contributed by atoms with van der Waals surface area (Å²) in [5, 5.41) is 12.4. The quantitative estimate of drug-likeness (QED) is 0.145. The van der Waals surface area contributed by atoms with E-state index in [0.29, 0.717) is 24.6 Å².